The maximum Gasteiger partial charge on any atom is 0.233 e. The van der Waals surface area contributed by atoms with Gasteiger partial charge in [0.05, 0.1) is 11.8 Å². The smallest absolute Gasteiger partial charge is 0.233 e. The summed E-state index contributed by atoms with van der Waals surface area (Å²) >= 11 is 0. The minimum absolute atomic E-state index is 0.0410. The van der Waals surface area contributed by atoms with E-state index in [1.165, 1.54) is 7.05 Å². The average Bonchev–Trinajstić information content (AvgIpc) is 2.68. The highest BCUT2D eigenvalue weighted by atomic mass is 16.3. The highest BCUT2D eigenvalue weighted by Gasteiger charge is 2.65. The fourth-order valence-corrected chi connectivity index (χ4v) is 1.83. The van der Waals surface area contributed by atoms with E-state index in [0.29, 0.717) is 0 Å². The Morgan fingerprint density at radius 3 is 2.18 bits per heavy atom. The Morgan fingerprint density at radius 2 is 1.82 bits per heavy atom. The number of hydrogen-bond acceptors (Lipinski definition) is 3. The second kappa shape index (κ2) is 1.82. The maximum atomic E-state index is 11.1. The molecule has 1 saturated carbocycles. The highest BCUT2D eigenvalue weighted by molar-refractivity contribution is 6.09. The van der Waals surface area contributed by atoms with E-state index in [1.54, 1.807) is 0 Å². The third-order valence-corrected chi connectivity index (χ3v) is 2.61. The first-order chi connectivity index (χ1) is 5.18. The maximum absolute atomic E-state index is 11.1. The van der Waals surface area contributed by atoms with Gasteiger partial charge in [-0.2, -0.15) is 0 Å². The molecule has 0 spiro atoms. The minimum Gasteiger partial charge on any atom is -0.396 e. The Hall–Kier alpha value is -0.900. The topological polar surface area (TPSA) is 57.6 Å². The van der Waals surface area contributed by atoms with Crippen LogP contribution in [0.3, 0.4) is 0 Å². The number of likely N-dealkylation sites (tertiary alicyclic amines) is 1. The van der Waals surface area contributed by atoms with Crippen molar-refractivity contribution in [3.05, 3.63) is 0 Å². The van der Waals surface area contributed by atoms with Crippen LogP contribution in [0.25, 0.3) is 0 Å². The Labute approximate surface area is 63.8 Å². The number of hydrogen-bond donors (Lipinski definition) is 1. The van der Waals surface area contributed by atoms with Crippen molar-refractivity contribution >= 4 is 11.8 Å². The molecule has 2 rings (SSSR count). The lowest BCUT2D eigenvalue weighted by Gasteiger charge is -2.10. The molecule has 0 bridgehead atoms. The summed E-state index contributed by atoms with van der Waals surface area (Å²) in [5, 5.41) is 8.71. The second-order valence-electron chi connectivity index (χ2n) is 3.13. The predicted octanol–water partition coefficient (Wildman–Crippen LogP) is -1.16. The van der Waals surface area contributed by atoms with Gasteiger partial charge in [0.2, 0.25) is 11.8 Å². The van der Waals surface area contributed by atoms with E-state index in [4.69, 9.17) is 5.11 Å². The molecular weight excluding hydrogens is 146 g/mol. The molecule has 1 N–H and O–H groups in total. The van der Waals surface area contributed by atoms with Crippen LogP contribution in [0.15, 0.2) is 0 Å². The van der Waals surface area contributed by atoms with Gasteiger partial charge in [-0.25, -0.2) is 0 Å². The first-order valence-corrected chi connectivity index (χ1v) is 3.60. The molecule has 0 aromatic rings. The summed E-state index contributed by atoms with van der Waals surface area (Å²) in [4.78, 5) is 23.4. The van der Waals surface area contributed by atoms with Crippen LogP contribution in [0.5, 0.6) is 0 Å². The van der Waals surface area contributed by atoms with Gasteiger partial charge in [0.15, 0.2) is 0 Å². The molecule has 60 valence electrons. The summed E-state index contributed by atoms with van der Waals surface area (Å²) < 4.78 is 0. The zero-order valence-electron chi connectivity index (χ0n) is 6.15. The van der Waals surface area contributed by atoms with Crippen molar-refractivity contribution in [2.24, 2.45) is 17.8 Å². The first kappa shape index (κ1) is 6.79. The number of aliphatic hydroxyl groups excluding tert-OH is 1. The molecule has 2 atom stereocenters. The Kier molecular flexibility index (Phi) is 1.12. The van der Waals surface area contributed by atoms with E-state index in [2.05, 4.69) is 0 Å². The van der Waals surface area contributed by atoms with E-state index in [0.717, 1.165) is 4.90 Å². The summed E-state index contributed by atoms with van der Waals surface area (Å²) in [6.45, 7) is -0.0410. The largest absolute Gasteiger partial charge is 0.396 e. The number of nitrogens with zero attached hydrogens (tertiary/aromatic N) is 1. The quantitative estimate of drug-likeness (QED) is 0.486. The van der Waals surface area contributed by atoms with Crippen molar-refractivity contribution in [3.63, 3.8) is 0 Å². The molecule has 1 heterocycles. The van der Waals surface area contributed by atoms with Gasteiger partial charge in [0.25, 0.3) is 0 Å². The highest BCUT2D eigenvalue weighted by Crippen LogP contribution is 2.52. The van der Waals surface area contributed by atoms with Crippen LogP contribution >= 0.6 is 0 Å². The number of carbonyl (C=O) groups is 2. The fraction of sp³-hybridized carbons (Fsp3) is 0.714. The van der Waals surface area contributed by atoms with Crippen molar-refractivity contribution in [2.75, 3.05) is 13.7 Å². The molecule has 0 aromatic carbocycles. The van der Waals surface area contributed by atoms with Gasteiger partial charge in [0.1, 0.15) is 0 Å². The summed E-state index contributed by atoms with van der Waals surface area (Å²) in [6.07, 6.45) is 0. The number of amides is 2. The van der Waals surface area contributed by atoms with Gasteiger partial charge >= 0.3 is 0 Å². The standard InChI is InChI=1S/C7H9NO3/c1-8-6(10)4-3(2-9)5(4)7(8)11/h3-5,9H,2H2,1H3. The molecule has 2 unspecified atom stereocenters. The average molecular weight is 155 g/mol. The van der Waals surface area contributed by atoms with E-state index >= 15 is 0 Å². The minimum atomic E-state index is -0.197. The zero-order chi connectivity index (χ0) is 8.17. The molecule has 1 aliphatic carbocycles. The molecule has 2 aliphatic rings. The van der Waals surface area contributed by atoms with Gasteiger partial charge in [-0.15, -0.1) is 0 Å². The third kappa shape index (κ3) is 0.625. The summed E-state index contributed by atoms with van der Waals surface area (Å²) in [5.74, 6) is -0.723. The summed E-state index contributed by atoms with van der Waals surface area (Å²) in [5.41, 5.74) is 0. The van der Waals surface area contributed by atoms with Crippen molar-refractivity contribution < 1.29 is 14.7 Å². The van der Waals surface area contributed by atoms with Crippen molar-refractivity contribution in [1.82, 2.24) is 4.90 Å². The molecule has 0 aromatic heterocycles. The summed E-state index contributed by atoms with van der Waals surface area (Å²) in [6, 6.07) is 0. The SMILES string of the molecule is CN1C(=O)C2C(CO)C2C1=O. The predicted molar refractivity (Wildman–Crippen MR) is 35.3 cm³/mol. The van der Waals surface area contributed by atoms with Gasteiger partial charge in [-0.1, -0.05) is 0 Å². The van der Waals surface area contributed by atoms with E-state index in [9.17, 15) is 9.59 Å². The van der Waals surface area contributed by atoms with Gasteiger partial charge < -0.3 is 5.11 Å². The Balaban J connectivity index is 2.21. The number of rotatable bonds is 1. The molecule has 4 nitrogen and oxygen atoms in total. The molecule has 11 heavy (non-hydrogen) atoms. The number of aliphatic hydroxyl groups is 1. The lowest BCUT2D eigenvalue weighted by atomic mass is 10.3. The monoisotopic (exact) mass is 155 g/mol. The van der Waals surface area contributed by atoms with E-state index in [-0.39, 0.29) is 36.2 Å². The number of fused-ring (bicyclic) bond motifs is 1. The third-order valence-electron chi connectivity index (χ3n) is 2.61. The molecule has 0 radical (unpaired) electrons. The molecule has 2 fully saturated rings. The van der Waals surface area contributed by atoms with Crippen LogP contribution in [-0.2, 0) is 9.59 Å². The zero-order valence-corrected chi connectivity index (χ0v) is 6.15. The Morgan fingerprint density at radius 1 is 1.36 bits per heavy atom. The second-order valence-corrected chi connectivity index (χ2v) is 3.13. The molecule has 1 saturated heterocycles. The molecule has 4 heteroatoms. The number of carbonyl (C=O) groups excluding carboxylic acids is 2. The molecule has 1 aliphatic heterocycles. The van der Waals surface area contributed by atoms with Crippen LogP contribution in [-0.4, -0.2) is 35.5 Å². The van der Waals surface area contributed by atoms with Crippen LogP contribution in [0.2, 0.25) is 0 Å². The first-order valence-electron chi connectivity index (χ1n) is 3.60. The lowest BCUT2D eigenvalue weighted by Crippen LogP contribution is -2.30. The molecule has 2 amide bonds. The number of piperidine rings is 1. The van der Waals surface area contributed by atoms with Gasteiger partial charge in [-0.3, -0.25) is 14.5 Å². The normalized spacial score (nSPS) is 41.3. The van der Waals surface area contributed by atoms with Crippen LogP contribution < -0.4 is 0 Å². The molecular formula is C7H9NO3. The number of imide groups is 1. The van der Waals surface area contributed by atoms with E-state index < -0.39 is 0 Å². The van der Waals surface area contributed by atoms with Gasteiger partial charge in [0, 0.05) is 19.6 Å². The van der Waals surface area contributed by atoms with Crippen LogP contribution in [0.1, 0.15) is 0 Å². The fourth-order valence-electron chi connectivity index (χ4n) is 1.83. The lowest BCUT2D eigenvalue weighted by molar-refractivity contribution is -0.140. The summed E-state index contributed by atoms with van der Waals surface area (Å²) in [7, 11) is 1.49. The Bertz CT molecular complexity index is 216. The van der Waals surface area contributed by atoms with Crippen molar-refractivity contribution in [3.8, 4) is 0 Å². The van der Waals surface area contributed by atoms with Crippen LogP contribution in [0, 0.1) is 17.8 Å². The van der Waals surface area contributed by atoms with E-state index in [1.807, 2.05) is 0 Å². The van der Waals surface area contributed by atoms with Crippen molar-refractivity contribution in [2.45, 2.75) is 0 Å². The van der Waals surface area contributed by atoms with Crippen LogP contribution in [0.4, 0.5) is 0 Å². The van der Waals surface area contributed by atoms with Gasteiger partial charge in [-0.05, 0) is 0 Å². The van der Waals surface area contributed by atoms with Crippen molar-refractivity contribution in [1.29, 1.82) is 0 Å².